The molecule has 0 amide bonds. The Bertz CT molecular complexity index is 627. The molecule has 0 atom stereocenters. The zero-order chi connectivity index (χ0) is 12.6. The van der Waals surface area contributed by atoms with Crippen LogP contribution >= 0.6 is 11.6 Å². The number of benzene rings is 1. The topological polar surface area (TPSA) is 39.9 Å². The number of fused-ring (bicyclic) bond motifs is 1. The van der Waals surface area contributed by atoms with E-state index >= 15 is 0 Å². The molecule has 2 aromatic rings. The summed E-state index contributed by atoms with van der Waals surface area (Å²) in [4.78, 5) is 6.37. The number of hydrogen-bond acceptors (Lipinski definition) is 3. The maximum absolute atomic E-state index is 9.12. The second-order valence-corrected chi connectivity index (χ2v) is 4.60. The number of nitrogens with zero attached hydrogens (tertiary/aromatic N) is 3. The van der Waals surface area contributed by atoms with Gasteiger partial charge in [0.25, 0.3) is 0 Å². The van der Waals surface area contributed by atoms with E-state index < -0.39 is 0 Å². The third-order valence-electron chi connectivity index (χ3n) is 2.60. The molecule has 0 aliphatic heterocycles. The minimum Gasteiger partial charge on any atom is -0.362 e. The highest BCUT2D eigenvalue weighted by molar-refractivity contribution is 6.31. The summed E-state index contributed by atoms with van der Waals surface area (Å²) in [5.41, 5.74) is 2.46. The molecule has 1 aromatic heterocycles. The summed E-state index contributed by atoms with van der Waals surface area (Å²) >= 11 is 6.00. The third-order valence-corrected chi connectivity index (χ3v) is 2.82. The largest absolute Gasteiger partial charge is 0.362 e. The summed E-state index contributed by atoms with van der Waals surface area (Å²) in [6.07, 6.45) is 0. The summed E-state index contributed by atoms with van der Waals surface area (Å²) < 4.78 is 0. The van der Waals surface area contributed by atoms with Crippen LogP contribution in [0.4, 0.5) is 5.82 Å². The van der Waals surface area contributed by atoms with Gasteiger partial charge in [-0.3, -0.25) is 0 Å². The minimum absolute atomic E-state index is 0.559. The van der Waals surface area contributed by atoms with Crippen LogP contribution in [0.25, 0.3) is 10.9 Å². The normalized spacial score (nSPS) is 10.3. The monoisotopic (exact) mass is 245 g/mol. The minimum atomic E-state index is 0.559. The maximum Gasteiger partial charge on any atom is 0.146 e. The SMILES string of the molecule is Cc1cc(Cl)cc2cc(C#N)c(N(C)C)nc12. The average molecular weight is 246 g/mol. The highest BCUT2D eigenvalue weighted by atomic mass is 35.5. The lowest BCUT2D eigenvalue weighted by molar-refractivity contribution is 1.07. The van der Waals surface area contributed by atoms with Crippen molar-refractivity contribution in [3.8, 4) is 6.07 Å². The number of aromatic nitrogens is 1. The van der Waals surface area contributed by atoms with Gasteiger partial charge in [0.15, 0.2) is 0 Å². The summed E-state index contributed by atoms with van der Waals surface area (Å²) in [7, 11) is 3.75. The van der Waals surface area contributed by atoms with Crippen molar-refractivity contribution in [3.05, 3.63) is 34.3 Å². The van der Waals surface area contributed by atoms with Gasteiger partial charge in [-0.1, -0.05) is 11.6 Å². The summed E-state index contributed by atoms with van der Waals surface area (Å²) in [6, 6.07) is 7.70. The molecule has 0 N–H and O–H groups in total. The van der Waals surface area contributed by atoms with Crippen molar-refractivity contribution in [1.29, 1.82) is 5.26 Å². The first-order chi connectivity index (χ1) is 8.02. The Morgan fingerprint density at radius 3 is 2.59 bits per heavy atom. The lowest BCUT2D eigenvalue weighted by Gasteiger charge is -2.14. The van der Waals surface area contributed by atoms with E-state index in [4.69, 9.17) is 16.9 Å². The molecule has 0 saturated heterocycles. The first-order valence-electron chi connectivity index (χ1n) is 5.21. The van der Waals surface area contributed by atoms with Crippen LogP contribution in [-0.4, -0.2) is 19.1 Å². The van der Waals surface area contributed by atoms with Gasteiger partial charge in [0.1, 0.15) is 11.9 Å². The number of halogens is 1. The second-order valence-electron chi connectivity index (χ2n) is 4.16. The molecule has 4 heteroatoms. The molecule has 0 spiro atoms. The summed E-state index contributed by atoms with van der Waals surface area (Å²) in [5, 5.41) is 10.7. The molecule has 0 radical (unpaired) electrons. The van der Waals surface area contributed by atoms with Gasteiger partial charge in [0, 0.05) is 24.5 Å². The van der Waals surface area contributed by atoms with Gasteiger partial charge in [0.05, 0.1) is 11.1 Å². The Labute approximate surface area is 105 Å². The van der Waals surface area contributed by atoms with E-state index in [1.807, 2.05) is 44.1 Å². The third kappa shape index (κ3) is 2.04. The first-order valence-corrected chi connectivity index (χ1v) is 5.59. The molecule has 1 heterocycles. The average Bonchev–Trinajstić information content (AvgIpc) is 2.26. The molecule has 0 unspecified atom stereocenters. The molecule has 0 saturated carbocycles. The fraction of sp³-hybridized carbons (Fsp3) is 0.231. The van der Waals surface area contributed by atoms with Gasteiger partial charge in [-0.2, -0.15) is 5.26 Å². The second kappa shape index (κ2) is 4.23. The highest BCUT2D eigenvalue weighted by Crippen LogP contribution is 2.26. The first kappa shape index (κ1) is 11.7. The molecule has 3 nitrogen and oxygen atoms in total. The van der Waals surface area contributed by atoms with Crippen molar-refractivity contribution < 1.29 is 0 Å². The lowest BCUT2D eigenvalue weighted by atomic mass is 10.1. The van der Waals surface area contributed by atoms with Crippen LogP contribution in [0.15, 0.2) is 18.2 Å². The zero-order valence-corrected chi connectivity index (χ0v) is 10.7. The van der Waals surface area contributed by atoms with Crippen molar-refractivity contribution in [2.45, 2.75) is 6.92 Å². The standard InChI is InChI=1S/C13H12ClN3/c1-8-4-11(14)6-9-5-10(7-15)13(17(2)3)16-12(8)9/h4-6H,1-3H3. The Morgan fingerprint density at radius 2 is 2.00 bits per heavy atom. The predicted octanol–water partition coefficient (Wildman–Crippen LogP) is 3.13. The van der Waals surface area contributed by atoms with Crippen LogP contribution < -0.4 is 4.90 Å². The zero-order valence-electron chi connectivity index (χ0n) is 9.95. The molecule has 0 aliphatic carbocycles. The number of anilines is 1. The number of hydrogen-bond donors (Lipinski definition) is 0. The Kier molecular flexibility index (Phi) is 2.91. The summed E-state index contributed by atoms with van der Waals surface area (Å²) in [6.45, 7) is 1.96. The predicted molar refractivity (Wildman–Crippen MR) is 70.5 cm³/mol. The number of pyridine rings is 1. The van der Waals surface area contributed by atoms with Crippen LogP contribution in [-0.2, 0) is 0 Å². The smallest absolute Gasteiger partial charge is 0.146 e. The number of aryl methyl sites for hydroxylation is 1. The Balaban J connectivity index is 2.84. The van der Waals surface area contributed by atoms with Gasteiger partial charge < -0.3 is 4.90 Å². The highest BCUT2D eigenvalue weighted by Gasteiger charge is 2.10. The molecule has 0 aliphatic rings. The molecule has 86 valence electrons. The molecule has 1 aromatic carbocycles. The van der Waals surface area contributed by atoms with Gasteiger partial charge >= 0.3 is 0 Å². The van der Waals surface area contributed by atoms with Gasteiger partial charge in [-0.25, -0.2) is 4.98 Å². The number of nitriles is 1. The van der Waals surface area contributed by atoms with Crippen LogP contribution in [0.2, 0.25) is 5.02 Å². The van der Waals surface area contributed by atoms with Crippen molar-refractivity contribution in [3.63, 3.8) is 0 Å². The van der Waals surface area contributed by atoms with Crippen molar-refractivity contribution >= 4 is 28.3 Å². The fourth-order valence-electron chi connectivity index (χ4n) is 1.83. The number of rotatable bonds is 1. The van der Waals surface area contributed by atoms with Crippen molar-refractivity contribution in [1.82, 2.24) is 4.98 Å². The Hall–Kier alpha value is -1.79. The Morgan fingerprint density at radius 1 is 1.29 bits per heavy atom. The van der Waals surface area contributed by atoms with Gasteiger partial charge in [0.2, 0.25) is 0 Å². The van der Waals surface area contributed by atoms with Crippen LogP contribution in [0.3, 0.4) is 0 Å². The van der Waals surface area contributed by atoms with E-state index in [0.29, 0.717) is 16.4 Å². The van der Waals surface area contributed by atoms with Crippen molar-refractivity contribution in [2.24, 2.45) is 0 Å². The van der Waals surface area contributed by atoms with E-state index in [1.165, 1.54) is 0 Å². The molecule has 0 fully saturated rings. The van der Waals surface area contributed by atoms with E-state index in [-0.39, 0.29) is 0 Å². The fourth-order valence-corrected chi connectivity index (χ4v) is 2.11. The quantitative estimate of drug-likeness (QED) is 0.775. The van der Waals surface area contributed by atoms with Crippen LogP contribution in [0.5, 0.6) is 0 Å². The molecule has 2 rings (SSSR count). The van der Waals surface area contributed by atoms with E-state index in [0.717, 1.165) is 16.5 Å². The van der Waals surface area contributed by atoms with Crippen LogP contribution in [0, 0.1) is 18.3 Å². The van der Waals surface area contributed by atoms with Gasteiger partial charge in [-0.05, 0) is 30.7 Å². The van der Waals surface area contributed by atoms with E-state index in [9.17, 15) is 0 Å². The van der Waals surface area contributed by atoms with Gasteiger partial charge in [-0.15, -0.1) is 0 Å². The van der Waals surface area contributed by atoms with Crippen LogP contribution in [0.1, 0.15) is 11.1 Å². The maximum atomic E-state index is 9.12. The van der Waals surface area contributed by atoms with E-state index in [2.05, 4.69) is 11.1 Å². The molecular formula is C13H12ClN3. The molecule has 17 heavy (non-hydrogen) atoms. The summed E-state index contributed by atoms with van der Waals surface area (Å²) in [5.74, 6) is 0.686. The molecular weight excluding hydrogens is 234 g/mol. The lowest BCUT2D eigenvalue weighted by Crippen LogP contribution is -2.12. The van der Waals surface area contributed by atoms with Crippen molar-refractivity contribution in [2.75, 3.05) is 19.0 Å². The molecule has 0 bridgehead atoms. The van der Waals surface area contributed by atoms with E-state index in [1.54, 1.807) is 0 Å².